The molecule has 0 aliphatic carbocycles. The van der Waals surface area contributed by atoms with E-state index >= 15 is 0 Å². The first-order chi connectivity index (χ1) is 14.5. The van der Waals surface area contributed by atoms with Crippen LogP contribution < -0.4 is 14.8 Å². The van der Waals surface area contributed by atoms with Crippen LogP contribution in [0.2, 0.25) is 5.02 Å². The van der Waals surface area contributed by atoms with Gasteiger partial charge in [0.2, 0.25) is 0 Å². The van der Waals surface area contributed by atoms with Gasteiger partial charge < -0.3 is 19.9 Å². The molecule has 0 atom stereocenters. The lowest BCUT2D eigenvalue weighted by Crippen LogP contribution is -2.19. The molecule has 9 heteroatoms. The van der Waals surface area contributed by atoms with Crippen molar-refractivity contribution in [2.24, 2.45) is 4.99 Å². The van der Waals surface area contributed by atoms with Crippen molar-refractivity contribution in [1.29, 1.82) is 0 Å². The number of carboxylic acid groups (broad SMARTS) is 1. The van der Waals surface area contributed by atoms with E-state index in [1.165, 1.54) is 11.8 Å². The molecule has 7 nitrogen and oxygen atoms in total. The highest BCUT2D eigenvalue weighted by atomic mass is 35.5. The van der Waals surface area contributed by atoms with E-state index in [9.17, 15) is 9.59 Å². The van der Waals surface area contributed by atoms with E-state index in [2.05, 4.69) is 10.3 Å². The summed E-state index contributed by atoms with van der Waals surface area (Å²) in [6, 6.07) is 12.3. The number of carbonyl (C=O) groups is 2. The predicted octanol–water partition coefficient (Wildman–Crippen LogP) is 4.48. The smallest absolute Gasteiger partial charge is 0.306 e. The summed E-state index contributed by atoms with van der Waals surface area (Å²) >= 11 is 7.33. The molecular weight excluding hydrogens is 428 g/mol. The fourth-order valence-corrected chi connectivity index (χ4v) is 3.55. The zero-order chi connectivity index (χ0) is 21.5. The number of amidine groups is 1. The number of aliphatic imine (C=N–C) groups is 1. The number of benzene rings is 2. The SMILES string of the molecule is CCOc1cc(/C=C2/SC(=Nc3ccccc3Cl)NC2=O)ccc1OCCC(=O)O. The normalized spacial score (nSPS) is 16.0. The van der Waals surface area contributed by atoms with Crippen LogP contribution in [-0.4, -0.2) is 35.4 Å². The standard InChI is InChI=1S/C21H19ClN2O5S/c1-2-28-17-11-13(7-8-16(17)29-10-9-19(25)26)12-18-20(27)24-21(30-18)23-15-6-4-3-5-14(15)22/h3-8,11-12H,2,9-10H2,1H3,(H,25,26)(H,23,24,27)/b18-12+. The summed E-state index contributed by atoms with van der Waals surface area (Å²) in [5, 5.41) is 12.4. The largest absolute Gasteiger partial charge is 0.490 e. The number of ether oxygens (including phenoxy) is 2. The number of halogens is 1. The third-order valence-electron chi connectivity index (χ3n) is 3.86. The van der Waals surface area contributed by atoms with E-state index < -0.39 is 5.97 Å². The number of nitrogens with zero attached hydrogens (tertiary/aromatic N) is 1. The molecule has 156 valence electrons. The van der Waals surface area contributed by atoms with Crippen molar-refractivity contribution in [2.75, 3.05) is 13.2 Å². The molecule has 0 aromatic heterocycles. The molecular formula is C21H19ClN2O5S. The minimum atomic E-state index is -0.937. The highest BCUT2D eigenvalue weighted by Crippen LogP contribution is 2.33. The Kier molecular flexibility index (Phi) is 7.37. The molecule has 1 fully saturated rings. The van der Waals surface area contributed by atoms with Crippen molar-refractivity contribution >= 4 is 52.2 Å². The Balaban J connectivity index is 1.78. The lowest BCUT2D eigenvalue weighted by molar-refractivity contribution is -0.137. The number of thioether (sulfide) groups is 1. The maximum absolute atomic E-state index is 12.3. The zero-order valence-corrected chi connectivity index (χ0v) is 17.6. The third-order valence-corrected chi connectivity index (χ3v) is 5.09. The van der Waals surface area contributed by atoms with E-state index in [0.717, 1.165) is 5.56 Å². The Morgan fingerprint density at radius 3 is 2.77 bits per heavy atom. The molecule has 3 rings (SSSR count). The molecule has 0 unspecified atom stereocenters. The molecule has 2 aromatic carbocycles. The Labute approximate surface area is 182 Å². The summed E-state index contributed by atoms with van der Waals surface area (Å²) in [5.41, 5.74) is 1.31. The van der Waals surface area contributed by atoms with Gasteiger partial charge in [-0.15, -0.1) is 0 Å². The summed E-state index contributed by atoms with van der Waals surface area (Å²) in [7, 11) is 0. The van der Waals surface area contributed by atoms with E-state index in [-0.39, 0.29) is 18.9 Å². The fourth-order valence-electron chi connectivity index (χ4n) is 2.53. The molecule has 30 heavy (non-hydrogen) atoms. The first kappa shape index (κ1) is 21.7. The number of hydrogen-bond acceptors (Lipinski definition) is 6. The van der Waals surface area contributed by atoms with Gasteiger partial charge in [0.25, 0.3) is 5.91 Å². The van der Waals surface area contributed by atoms with Crippen molar-refractivity contribution in [2.45, 2.75) is 13.3 Å². The van der Waals surface area contributed by atoms with Gasteiger partial charge in [-0.3, -0.25) is 9.59 Å². The van der Waals surface area contributed by atoms with E-state index in [1.807, 2.05) is 19.1 Å². The number of aliphatic carboxylic acids is 1. The summed E-state index contributed by atoms with van der Waals surface area (Å²) in [4.78, 5) is 27.9. The van der Waals surface area contributed by atoms with Gasteiger partial charge in [-0.1, -0.05) is 29.8 Å². The van der Waals surface area contributed by atoms with Crippen molar-refractivity contribution in [3.8, 4) is 11.5 Å². The monoisotopic (exact) mass is 446 g/mol. The quantitative estimate of drug-likeness (QED) is 0.580. The molecule has 2 N–H and O–H groups in total. The summed E-state index contributed by atoms with van der Waals surface area (Å²) in [6.07, 6.45) is 1.61. The van der Waals surface area contributed by atoms with Crippen molar-refractivity contribution < 1.29 is 24.2 Å². The molecule has 0 radical (unpaired) electrons. The second-order valence-corrected chi connectivity index (χ2v) is 7.50. The lowest BCUT2D eigenvalue weighted by Gasteiger charge is -2.12. The number of para-hydroxylation sites is 1. The molecule has 1 aliphatic rings. The van der Waals surface area contributed by atoms with Crippen LogP contribution in [0.15, 0.2) is 52.4 Å². The van der Waals surface area contributed by atoms with Crippen LogP contribution in [0.3, 0.4) is 0 Å². The lowest BCUT2D eigenvalue weighted by atomic mass is 10.2. The van der Waals surface area contributed by atoms with Crippen LogP contribution in [0.1, 0.15) is 18.9 Å². The third kappa shape index (κ3) is 5.77. The van der Waals surface area contributed by atoms with Gasteiger partial charge in [-0.2, -0.15) is 0 Å². The summed E-state index contributed by atoms with van der Waals surface area (Å²) in [6.45, 7) is 2.29. The molecule has 2 aromatic rings. The number of amides is 1. The molecule has 1 heterocycles. The minimum Gasteiger partial charge on any atom is -0.490 e. The average Bonchev–Trinajstić information content (AvgIpc) is 3.04. The van der Waals surface area contributed by atoms with Crippen molar-refractivity contribution in [1.82, 2.24) is 5.32 Å². The fraction of sp³-hybridized carbons (Fsp3) is 0.190. The molecule has 1 saturated heterocycles. The maximum atomic E-state index is 12.3. The predicted molar refractivity (Wildman–Crippen MR) is 118 cm³/mol. The van der Waals surface area contributed by atoms with E-state index in [1.54, 1.807) is 36.4 Å². The van der Waals surface area contributed by atoms with Crippen molar-refractivity contribution in [3.05, 3.63) is 58.0 Å². The number of rotatable bonds is 8. The Morgan fingerprint density at radius 1 is 1.23 bits per heavy atom. The van der Waals surface area contributed by atoms with Gasteiger partial charge in [0.05, 0.1) is 35.2 Å². The second-order valence-electron chi connectivity index (χ2n) is 6.06. The van der Waals surface area contributed by atoms with E-state index in [0.29, 0.717) is 38.9 Å². The summed E-state index contributed by atoms with van der Waals surface area (Å²) < 4.78 is 11.1. The average molecular weight is 447 g/mol. The topological polar surface area (TPSA) is 97.2 Å². The number of carboxylic acids is 1. The minimum absolute atomic E-state index is 0.0377. The number of carbonyl (C=O) groups excluding carboxylic acids is 1. The van der Waals surface area contributed by atoms with E-state index in [4.69, 9.17) is 26.2 Å². The highest BCUT2D eigenvalue weighted by Gasteiger charge is 2.24. The van der Waals surface area contributed by atoms with Crippen LogP contribution in [0, 0.1) is 0 Å². The Hall–Kier alpha value is -2.97. The summed E-state index contributed by atoms with van der Waals surface area (Å²) in [5.74, 6) is -0.270. The molecule has 1 aliphatic heterocycles. The molecule has 1 amide bonds. The second kappa shape index (κ2) is 10.2. The van der Waals surface area contributed by atoms with Crippen LogP contribution in [0.4, 0.5) is 5.69 Å². The van der Waals surface area contributed by atoms with Crippen molar-refractivity contribution in [3.63, 3.8) is 0 Å². The van der Waals surface area contributed by atoms with Gasteiger partial charge in [0.15, 0.2) is 16.7 Å². The Bertz CT molecular complexity index is 1020. The number of hydrogen-bond donors (Lipinski definition) is 2. The van der Waals surface area contributed by atoms with Gasteiger partial charge in [-0.25, -0.2) is 4.99 Å². The van der Waals surface area contributed by atoms with Crippen LogP contribution >= 0.6 is 23.4 Å². The molecule has 0 bridgehead atoms. The van der Waals surface area contributed by atoms with Crippen LogP contribution in [0.25, 0.3) is 6.08 Å². The van der Waals surface area contributed by atoms with Crippen LogP contribution in [-0.2, 0) is 9.59 Å². The van der Waals surface area contributed by atoms with Crippen LogP contribution in [0.5, 0.6) is 11.5 Å². The first-order valence-corrected chi connectivity index (χ1v) is 10.3. The van der Waals surface area contributed by atoms with Gasteiger partial charge in [-0.05, 0) is 54.6 Å². The van der Waals surface area contributed by atoms with Gasteiger partial charge >= 0.3 is 5.97 Å². The number of nitrogens with one attached hydrogen (secondary N) is 1. The first-order valence-electron chi connectivity index (χ1n) is 9.12. The Morgan fingerprint density at radius 2 is 2.03 bits per heavy atom. The van der Waals surface area contributed by atoms with Gasteiger partial charge in [0.1, 0.15) is 0 Å². The van der Waals surface area contributed by atoms with Gasteiger partial charge in [0, 0.05) is 0 Å². The maximum Gasteiger partial charge on any atom is 0.306 e. The highest BCUT2D eigenvalue weighted by molar-refractivity contribution is 8.18. The zero-order valence-electron chi connectivity index (χ0n) is 16.1. The molecule has 0 saturated carbocycles. The molecule has 0 spiro atoms.